The number of carbonyl (C=O) groups is 1. The zero-order valence-electron chi connectivity index (χ0n) is 26.1. The van der Waals surface area contributed by atoms with E-state index in [1.807, 2.05) is 0 Å². The Morgan fingerprint density at radius 1 is 0.975 bits per heavy atom. The molecule has 0 radical (unpaired) electrons. The standard InChI is InChI=1S/C32H58N2O5S/c1-24(11-16-30(35)33-20-8-21-34(4,5)22-9-23-39-40(36,37)38)27-14-15-28-26-13-12-25-10-6-7-18-31(25,2)29(26)17-19-32(27,28)3/h24-29H,6-23H2,1-5H3,(H-,33,35,36,37,38)/p+1/t24-,25?,26?,27-,28?,29?,31+,32-/m1/s1. The summed E-state index contributed by atoms with van der Waals surface area (Å²) >= 11 is 0. The topological polar surface area (TPSA) is 92.7 Å². The summed E-state index contributed by atoms with van der Waals surface area (Å²) in [6, 6.07) is 0. The lowest BCUT2D eigenvalue weighted by molar-refractivity contribution is -0.890. The van der Waals surface area contributed by atoms with Gasteiger partial charge in [0, 0.05) is 25.8 Å². The molecule has 0 aromatic heterocycles. The number of fused-ring (bicyclic) bond motifs is 5. The van der Waals surface area contributed by atoms with Crippen molar-refractivity contribution < 1.29 is 26.4 Å². The molecule has 8 heteroatoms. The van der Waals surface area contributed by atoms with Crippen molar-refractivity contribution in [3.8, 4) is 0 Å². The maximum Gasteiger partial charge on any atom is 0.397 e. The molecular weight excluding hydrogens is 524 g/mol. The highest BCUT2D eigenvalue weighted by atomic mass is 32.3. The molecule has 0 bridgehead atoms. The Kier molecular flexibility index (Phi) is 10.4. The Balaban J connectivity index is 1.18. The second-order valence-corrected chi connectivity index (χ2v) is 16.4. The lowest BCUT2D eigenvalue weighted by Crippen LogP contribution is -2.53. The summed E-state index contributed by atoms with van der Waals surface area (Å²) in [6.07, 6.45) is 17.4. The molecular formula is C32H59N2O5S+. The molecule has 2 N–H and O–H groups in total. The Morgan fingerprint density at radius 2 is 1.70 bits per heavy atom. The Morgan fingerprint density at radius 3 is 2.45 bits per heavy atom. The molecule has 0 aromatic carbocycles. The number of hydrogen-bond acceptors (Lipinski definition) is 4. The summed E-state index contributed by atoms with van der Waals surface area (Å²) in [5, 5.41) is 3.14. The summed E-state index contributed by atoms with van der Waals surface area (Å²) in [4.78, 5) is 12.7. The number of quaternary nitrogens is 1. The van der Waals surface area contributed by atoms with Crippen molar-refractivity contribution in [2.75, 3.05) is 40.3 Å². The highest BCUT2D eigenvalue weighted by molar-refractivity contribution is 7.80. The van der Waals surface area contributed by atoms with Crippen LogP contribution in [0.5, 0.6) is 0 Å². The molecule has 4 aliphatic rings. The average Bonchev–Trinajstić information content (AvgIpc) is 3.24. The van der Waals surface area contributed by atoms with Crippen LogP contribution in [0.4, 0.5) is 0 Å². The smallest absolute Gasteiger partial charge is 0.356 e. The molecule has 4 fully saturated rings. The zero-order chi connectivity index (χ0) is 29.2. The molecule has 232 valence electrons. The number of nitrogens with one attached hydrogen (secondary N) is 1. The van der Waals surface area contributed by atoms with Gasteiger partial charge in [0.1, 0.15) is 0 Å². The molecule has 4 rings (SSSR count). The van der Waals surface area contributed by atoms with Crippen molar-refractivity contribution in [2.24, 2.45) is 46.3 Å². The van der Waals surface area contributed by atoms with Gasteiger partial charge in [0.15, 0.2) is 0 Å². The van der Waals surface area contributed by atoms with Gasteiger partial charge in [-0.05, 0) is 104 Å². The van der Waals surface area contributed by atoms with E-state index in [-0.39, 0.29) is 12.5 Å². The molecule has 0 aliphatic heterocycles. The minimum atomic E-state index is -4.36. The van der Waals surface area contributed by atoms with Crippen molar-refractivity contribution in [3.05, 3.63) is 0 Å². The first-order chi connectivity index (χ1) is 18.8. The largest absolute Gasteiger partial charge is 0.397 e. The second-order valence-electron chi connectivity index (χ2n) is 15.3. The van der Waals surface area contributed by atoms with Gasteiger partial charge >= 0.3 is 10.4 Å². The van der Waals surface area contributed by atoms with Crippen LogP contribution in [0.25, 0.3) is 0 Å². The van der Waals surface area contributed by atoms with Crippen LogP contribution in [0.2, 0.25) is 0 Å². The van der Waals surface area contributed by atoms with Gasteiger partial charge in [0.25, 0.3) is 0 Å². The first-order valence-electron chi connectivity index (χ1n) is 16.5. The molecule has 0 heterocycles. The van der Waals surface area contributed by atoms with Gasteiger partial charge in [0.05, 0.1) is 33.8 Å². The molecule has 4 unspecified atom stereocenters. The van der Waals surface area contributed by atoms with Gasteiger partial charge in [-0.3, -0.25) is 9.35 Å². The molecule has 0 spiro atoms. The highest BCUT2D eigenvalue weighted by Gasteiger charge is 2.60. The van der Waals surface area contributed by atoms with Crippen molar-refractivity contribution in [2.45, 2.75) is 111 Å². The first kappa shape index (κ1) is 32.2. The third-order valence-corrected chi connectivity index (χ3v) is 13.0. The van der Waals surface area contributed by atoms with E-state index in [0.29, 0.717) is 40.6 Å². The third-order valence-electron chi connectivity index (χ3n) is 12.6. The summed E-state index contributed by atoms with van der Waals surface area (Å²) in [7, 11) is -0.196. The minimum absolute atomic E-state index is 0.0166. The van der Waals surface area contributed by atoms with Crippen molar-refractivity contribution >= 4 is 16.3 Å². The molecule has 0 saturated heterocycles. The average molecular weight is 584 g/mol. The van der Waals surface area contributed by atoms with E-state index in [9.17, 15) is 13.2 Å². The fraction of sp³-hybridized carbons (Fsp3) is 0.969. The van der Waals surface area contributed by atoms with Crippen LogP contribution in [-0.2, 0) is 19.4 Å². The van der Waals surface area contributed by atoms with Crippen LogP contribution >= 0.6 is 0 Å². The minimum Gasteiger partial charge on any atom is -0.356 e. The van der Waals surface area contributed by atoms with E-state index in [0.717, 1.165) is 55.5 Å². The maximum atomic E-state index is 12.7. The molecule has 7 nitrogen and oxygen atoms in total. The van der Waals surface area contributed by atoms with Crippen LogP contribution < -0.4 is 5.32 Å². The van der Waals surface area contributed by atoms with E-state index >= 15 is 0 Å². The first-order valence-corrected chi connectivity index (χ1v) is 17.8. The van der Waals surface area contributed by atoms with Gasteiger partial charge in [-0.15, -0.1) is 0 Å². The lowest BCUT2D eigenvalue weighted by Gasteiger charge is -2.61. The number of hydrogen-bond donors (Lipinski definition) is 2. The Bertz CT molecular complexity index is 970. The van der Waals surface area contributed by atoms with Gasteiger partial charge < -0.3 is 9.80 Å². The fourth-order valence-electron chi connectivity index (χ4n) is 10.4. The van der Waals surface area contributed by atoms with Crippen LogP contribution in [0.3, 0.4) is 0 Å². The summed E-state index contributed by atoms with van der Waals surface area (Å²) in [6.45, 7) is 10.00. The van der Waals surface area contributed by atoms with Crippen molar-refractivity contribution in [1.82, 2.24) is 5.32 Å². The van der Waals surface area contributed by atoms with Crippen LogP contribution in [0, 0.1) is 46.3 Å². The zero-order valence-corrected chi connectivity index (χ0v) is 26.9. The number of carbonyl (C=O) groups excluding carboxylic acids is 1. The quantitative estimate of drug-likeness (QED) is 0.152. The SMILES string of the molecule is C[C@H](CCC(=O)NCCC[N+](C)(C)CCCOS(=O)(=O)O)[C@H]1CCC2C3CCC4CCCC[C@]4(C)C3CC[C@@]21C. The van der Waals surface area contributed by atoms with Gasteiger partial charge in [-0.1, -0.05) is 33.6 Å². The predicted octanol–water partition coefficient (Wildman–Crippen LogP) is 6.24. The van der Waals surface area contributed by atoms with Gasteiger partial charge in [-0.25, -0.2) is 4.18 Å². The van der Waals surface area contributed by atoms with Gasteiger partial charge in [0.2, 0.25) is 5.91 Å². The van der Waals surface area contributed by atoms with Crippen LogP contribution in [0.15, 0.2) is 0 Å². The molecule has 40 heavy (non-hydrogen) atoms. The highest BCUT2D eigenvalue weighted by Crippen LogP contribution is 2.68. The number of rotatable bonds is 13. The maximum absolute atomic E-state index is 12.7. The van der Waals surface area contributed by atoms with Gasteiger partial charge in [-0.2, -0.15) is 8.42 Å². The normalized spacial score (nSPS) is 36.8. The van der Waals surface area contributed by atoms with Crippen LogP contribution in [-0.4, -0.2) is 63.7 Å². The molecule has 1 amide bonds. The van der Waals surface area contributed by atoms with E-state index in [1.54, 1.807) is 0 Å². The third kappa shape index (κ3) is 7.44. The summed E-state index contributed by atoms with van der Waals surface area (Å²) in [5.41, 5.74) is 1.07. The van der Waals surface area contributed by atoms with E-state index in [1.165, 1.54) is 64.2 Å². The lowest BCUT2D eigenvalue weighted by atomic mass is 9.44. The van der Waals surface area contributed by atoms with Crippen molar-refractivity contribution in [1.29, 1.82) is 0 Å². The van der Waals surface area contributed by atoms with E-state index in [2.05, 4.69) is 44.4 Å². The molecule has 4 saturated carbocycles. The Hall–Kier alpha value is -0.700. The Labute approximate surface area is 245 Å². The molecule has 0 aromatic rings. The second kappa shape index (κ2) is 12.9. The number of amides is 1. The van der Waals surface area contributed by atoms with E-state index < -0.39 is 10.4 Å². The number of nitrogens with zero attached hydrogens (tertiary/aromatic N) is 1. The molecule has 8 atom stereocenters. The summed E-state index contributed by atoms with van der Waals surface area (Å²) < 4.78 is 35.1. The summed E-state index contributed by atoms with van der Waals surface area (Å²) in [5.74, 6) is 5.30. The van der Waals surface area contributed by atoms with E-state index in [4.69, 9.17) is 4.55 Å². The van der Waals surface area contributed by atoms with Crippen LogP contribution in [0.1, 0.15) is 111 Å². The fourth-order valence-corrected chi connectivity index (χ4v) is 10.8. The van der Waals surface area contributed by atoms with Crippen molar-refractivity contribution in [3.63, 3.8) is 0 Å². The molecule has 4 aliphatic carbocycles. The monoisotopic (exact) mass is 583 g/mol. The predicted molar refractivity (Wildman–Crippen MR) is 160 cm³/mol.